The van der Waals surface area contributed by atoms with E-state index in [2.05, 4.69) is 0 Å². The summed E-state index contributed by atoms with van der Waals surface area (Å²) in [5.41, 5.74) is 1.30. The molecule has 0 atom stereocenters. The zero-order valence-corrected chi connectivity index (χ0v) is 12.0. The van der Waals surface area contributed by atoms with Crippen LogP contribution >= 0.6 is 0 Å². The molecule has 4 aromatic rings. The van der Waals surface area contributed by atoms with Crippen molar-refractivity contribution in [3.63, 3.8) is 0 Å². The molecule has 0 aromatic carbocycles. The SMILES string of the molecule is Cc1c2c(=O)n3c(C#N)ccc3cc2c(=O)n2c(C#N)ccc12. The van der Waals surface area contributed by atoms with Crippen LogP contribution in [0.3, 0.4) is 0 Å². The average Bonchev–Trinajstić information content (AvgIpc) is 3.16. The number of aryl methyl sites for hydroxylation is 1. The molecule has 0 radical (unpaired) electrons. The first-order chi connectivity index (χ1) is 11.1. The Hall–Kier alpha value is -3.64. The predicted molar refractivity (Wildman–Crippen MR) is 83.8 cm³/mol. The van der Waals surface area contributed by atoms with Crippen LogP contribution in [-0.4, -0.2) is 8.80 Å². The van der Waals surface area contributed by atoms with Gasteiger partial charge in [0, 0.05) is 0 Å². The Morgan fingerprint density at radius 1 is 0.913 bits per heavy atom. The number of aromatic nitrogens is 2. The minimum Gasteiger partial charge on any atom is -0.268 e. The molecule has 4 aromatic heterocycles. The van der Waals surface area contributed by atoms with Crippen molar-refractivity contribution < 1.29 is 0 Å². The van der Waals surface area contributed by atoms with Gasteiger partial charge in [-0.15, -0.1) is 0 Å². The maximum absolute atomic E-state index is 12.8. The number of pyridine rings is 2. The first kappa shape index (κ1) is 13.1. The third-order valence-electron chi connectivity index (χ3n) is 4.19. The number of hydrogen-bond acceptors (Lipinski definition) is 4. The summed E-state index contributed by atoms with van der Waals surface area (Å²) in [5.74, 6) is 0. The molecule has 6 heteroatoms. The van der Waals surface area contributed by atoms with Crippen molar-refractivity contribution in [2.24, 2.45) is 0 Å². The number of fused-ring (bicyclic) bond motifs is 3. The van der Waals surface area contributed by atoms with Crippen LogP contribution in [0.25, 0.3) is 21.8 Å². The zero-order chi connectivity index (χ0) is 16.3. The first-order valence-corrected chi connectivity index (χ1v) is 6.85. The molecule has 23 heavy (non-hydrogen) atoms. The molecule has 0 fully saturated rings. The minimum absolute atomic E-state index is 0.228. The molecule has 0 bridgehead atoms. The predicted octanol–water partition coefficient (Wildman–Crippen LogP) is 1.56. The Bertz CT molecular complexity index is 1330. The Morgan fingerprint density at radius 2 is 1.57 bits per heavy atom. The molecule has 0 aliphatic carbocycles. The lowest BCUT2D eigenvalue weighted by Crippen LogP contribution is -2.22. The Balaban J connectivity index is 2.41. The molecule has 0 saturated heterocycles. The summed E-state index contributed by atoms with van der Waals surface area (Å²) in [4.78, 5) is 25.6. The molecular weight excluding hydrogens is 292 g/mol. The second kappa shape index (κ2) is 4.19. The molecule has 0 aliphatic rings. The van der Waals surface area contributed by atoms with E-state index in [1.54, 1.807) is 37.3 Å². The van der Waals surface area contributed by atoms with E-state index in [1.807, 2.05) is 12.1 Å². The first-order valence-electron chi connectivity index (χ1n) is 6.85. The van der Waals surface area contributed by atoms with E-state index < -0.39 is 11.1 Å². The van der Waals surface area contributed by atoms with E-state index in [4.69, 9.17) is 10.5 Å². The van der Waals surface area contributed by atoms with Gasteiger partial charge in [-0.1, -0.05) is 0 Å². The summed E-state index contributed by atoms with van der Waals surface area (Å²) in [6.45, 7) is 1.74. The largest absolute Gasteiger partial charge is 0.268 e. The zero-order valence-electron chi connectivity index (χ0n) is 12.0. The maximum atomic E-state index is 12.8. The molecule has 0 aliphatic heterocycles. The van der Waals surface area contributed by atoms with Crippen LogP contribution in [0.1, 0.15) is 17.0 Å². The van der Waals surface area contributed by atoms with Crippen LogP contribution in [-0.2, 0) is 0 Å². The Morgan fingerprint density at radius 3 is 2.26 bits per heavy atom. The minimum atomic E-state index is -0.401. The molecule has 4 rings (SSSR count). The van der Waals surface area contributed by atoms with Crippen LogP contribution in [0, 0.1) is 29.6 Å². The van der Waals surface area contributed by atoms with Gasteiger partial charge in [-0.3, -0.25) is 18.4 Å². The normalized spacial score (nSPS) is 11.1. The van der Waals surface area contributed by atoms with Crippen molar-refractivity contribution in [3.8, 4) is 12.1 Å². The summed E-state index contributed by atoms with van der Waals surface area (Å²) in [5, 5.41) is 18.8. The highest BCUT2D eigenvalue weighted by Gasteiger charge is 2.17. The summed E-state index contributed by atoms with van der Waals surface area (Å²) in [6, 6.07) is 11.9. The van der Waals surface area contributed by atoms with Gasteiger partial charge < -0.3 is 0 Å². The molecule has 0 N–H and O–H groups in total. The smallest absolute Gasteiger partial charge is 0.264 e. The highest BCUT2D eigenvalue weighted by molar-refractivity contribution is 5.92. The topological polar surface area (TPSA) is 90.5 Å². The van der Waals surface area contributed by atoms with Crippen LogP contribution in [0.5, 0.6) is 0 Å². The molecule has 0 unspecified atom stereocenters. The van der Waals surface area contributed by atoms with Crippen molar-refractivity contribution in [1.29, 1.82) is 10.5 Å². The lowest BCUT2D eigenvalue weighted by molar-refractivity contribution is 1.08. The summed E-state index contributed by atoms with van der Waals surface area (Å²) in [7, 11) is 0. The van der Waals surface area contributed by atoms with E-state index >= 15 is 0 Å². The van der Waals surface area contributed by atoms with E-state index in [0.29, 0.717) is 16.6 Å². The summed E-state index contributed by atoms with van der Waals surface area (Å²) >= 11 is 0. The fourth-order valence-corrected chi connectivity index (χ4v) is 3.14. The number of nitrogens with zero attached hydrogens (tertiary/aromatic N) is 4. The Kier molecular flexibility index (Phi) is 2.38. The van der Waals surface area contributed by atoms with Crippen LogP contribution < -0.4 is 11.1 Å². The molecule has 6 nitrogen and oxygen atoms in total. The fraction of sp³-hybridized carbons (Fsp3) is 0.0588. The quantitative estimate of drug-likeness (QED) is 0.492. The van der Waals surface area contributed by atoms with Crippen LogP contribution in [0.4, 0.5) is 0 Å². The summed E-state index contributed by atoms with van der Waals surface area (Å²) in [6.07, 6.45) is 0. The molecule has 0 amide bonds. The van der Waals surface area contributed by atoms with Gasteiger partial charge in [0.15, 0.2) is 0 Å². The molecule has 0 spiro atoms. The third-order valence-corrected chi connectivity index (χ3v) is 4.19. The molecular formula is C17H8N4O2. The van der Waals surface area contributed by atoms with Gasteiger partial charge in [-0.05, 0) is 42.8 Å². The van der Waals surface area contributed by atoms with Gasteiger partial charge in [0.1, 0.15) is 23.5 Å². The Labute approximate surface area is 129 Å². The van der Waals surface area contributed by atoms with Crippen molar-refractivity contribution in [1.82, 2.24) is 8.80 Å². The van der Waals surface area contributed by atoms with Gasteiger partial charge in [-0.2, -0.15) is 10.5 Å². The standard InChI is InChI=1S/C17H8N4O2/c1-9-14-5-4-12(8-19)21(14)16(22)13-6-10-2-3-11(7-18)20(10)17(23)15(9)13/h2-6H,1H3. The second-order valence-corrected chi connectivity index (χ2v) is 5.31. The van der Waals surface area contributed by atoms with E-state index in [0.717, 1.165) is 0 Å². The van der Waals surface area contributed by atoms with Crippen molar-refractivity contribution in [2.75, 3.05) is 0 Å². The van der Waals surface area contributed by atoms with Gasteiger partial charge in [0.25, 0.3) is 11.1 Å². The van der Waals surface area contributed by atoms with Gasteiger partial charge >= 0.3 is 0 Å². The van der Waals surface area contributed by atoms with Crippen molar-refractivity contribution in [3.05, 3.63) is 68.0 Å². The monoisotopic (exact) mass is 300 g/mol. The third kappa shape index (κ3) is 1.44. The highest BCUT2D eigenvalue weighted by atomic mass is 16.1. The lowest BCUT2D eigenvalue weighted by atomic mass is 10.1. The van der Waals surface area contributed by atoms with Crippen molar-refractivity contribution in [2.45, 2.75) is 6.92 Å². The van der Waals surface area contributed by atoms with E-state index in [1.165, 1.54) is 8.80 Å². The van der Waals surface area contributed by atoms with Gasteiger partial charge in [0.05, 0.1) is 21.8 Å². The van der Waals surface area contributed by atoms with Crippen molar-refractivity contribution >= 4 is 21.8 Å². The van der Waals surface area contributed by atoms with E-state index in [9.17, 15) is 9.59 Å². The number of rotatable bonds is 0. The van der Waals surface area contributed by atoms with Crippen LogP contribution in [0.15, 0.2) is 39.9 Å². The average molecular weight is 300 g/mol. The number of hydrogen-bond donors (Lipinski definition) is 0. The second-order valence-electron chi connectivity index (χ2n) is 5.31. The fourth-order valence-electron chi connectivity index (χ4n) is 3.14. The molecule has 0 saturated carbocycles. The molecule has 4 heterocycles. The van der Waals surface area contributed by atoms with Gasteiger partial charge in [-0.25, -0.2) is 0 Å². The number of nitriles is 2. The van der Waals surface area contributed by atoms with Gasteiger partial charge in [0.2, 0.25) is 0 Å². The lowest BCUT2D eigenvalue weighted by Gasteiger charge is -2.07. The molecule has 108 valence electrons. The van der Waals surface area contributed by atoms with Crippen LogP contribution in [0.2, 0.25) is 0 Å². The highest BCUT2D eigenvalue weighted by Crippen LogP contribution is 2.21. The maximum Gasteiger partial charge on any atom is 0.264 e. The summed E-state index contributed by atoms with van der Waals surface area (Å²) < 4.78 is 2.63. The van der Waals surface area contributed by atoms with E-state index in [-0.39, 0.29) is 22.2 Å².